The summed E-state index contributed by atoms with van der Waals surface area (Å²) in [7, 11) is -3.67. The number of nitrogens with two attached hydrogens (primary N) is 1. The second kappa shape index (κ2) is 4.80. The number of nitriles is 1. The van der Waals surface area contributed by atoms with Crippen molar-refractivity contribution in [2.45, 2.75) is 37.5 Å². The van der Waals surface area contributed by atoms with E-state index in [1.807, 2.05) is 13.0 Å². The fraction of sp³-hybridized carbons (Fsp3) is 0.778. The molecule has 1 heterocycles. The van der Waals surface area contributed by atoms with Gasteiger partial charge in [-0.1, -0.05) is 6.92 Å². The summed E-state index contributed by atoms with van der Waals surface area (Å²) >= 11 is 0. The number of nitrogens with zero attached hydrogens (tertiary/aromatic N) is 2. The summed E-state index contributed by atoms with van der Waals surface area (Å²) in [4.78, 5) is 13.1. The summed E-state index contributed by atoms with van der Waals surface area (Å²) in [5.74, 6) is -0.235. The quantitative estimate of drug-likeness (QED) is 0.725. The predicted octanol–water partition coefficient (Wildman–Crippen LogP) is -0.432. The van der Waals surface area contributed by atoms with E-state index in [9.17, 15) is 13.2 Å². The summed E-state index contributed by atoms with van der Waals surface area (Å²) in [6.07, 6.45) is 0.789. The summed E-state index contributed by atoms with van der Waals surface area (Å²) in [5, 5.41) is 12.8. The average Bonchev–Trinajstić information content (AvgIpc) is 2.56. The minimum absolute atomic E-state index is 0.0687. The lowest BCUT2D eigenvalue weighted by molar-refractivity contribution is -0.129. The Bertz CT molecular complexity index is 412. The molecule has 7 heteroatoms. The number of carbonyl (C=O) groups excluding carboxylic acids is 1. The van der Waals surface area contributed by atoms with Crippen molar-refractivity contribution in [2.75, 3.05) is 6.54 Å². The van der Waals surface area contributed by atoms with E-state index in [1.54, 1.807) is 0 Å². The van der Waals surface area contributed by atoms with Crippen LogP contribution in [0.1, 0.15) is 26.2 Å². The van der Waals surface area contributed by atoms with Gasteiger partial charge >= 0.3 is 0 Å². The second-order valence-electron chi connectivity index (χ2n) is 3.89. The van der Waals surface area contributed by atoms with Crippen LogP contribution in [0.5, 0.6) is 0 Å². The topological polar surface area (TPSA) is 104 Å². The molecule has 0 aliphatic carbocycles. The number of carbonyl (C=O) groups is 1. The van der Waals surface area contributed by atoms with Gasteiger partial charge in [-0.15, -0.1) is 0 Å². The van der Waals surface area contributed by atoms with Gasteiger partial charge in [0.05, 0.1) is 12.5 Å². The molecular weight excluding hydrogens is 230 g/mol. The third kappa shape index (κ3) is 2.71. The van der Waals surface area contributed by atoms with Crippen LogP contribution in [0.4, 0.5) is 0 Å². The van der Waals surface area contributed by atoms with E-state index >= 15 is 0 Å². The first-order valence-electron chi connectivity index (χ1n) is 5.08. The van der Waals surface area contributed by atoms with Crippen molar-refractivity contribution in [3.05, 3.63) is 0 Å². The van der Waals surface area contributed by atoms with Crippen LogP contribution in [0.2, 0.25) is 0 Å². The number of hydrogen-bond acceptors (Lipinski definition) is 4. The Morgan fingerprint density at radius 1 is 1.69 bits per heavy atom. The Labute approximate surface area is 95.1 Å². The molecule has 2 atom stereocenters. The Kier molecular flexibility index (Phi) is 3.88. The minimum atomic E-state index is -3.67. The molecule has 0 radical (unpaired) electrons. The molecule has 2 unspecified atom stereocenters. The third-order valence-electron chi connectivity index (χ3n) is 2.83. The van der Waals surface area contributed by atoms with Gasteiger partial charge in [0.1, 0.15) is 5.25 Å². The van der Waals surface area contributed by atoms with E-state index in [0.29, 0.717) is 6.42 Å². The number of amides is 1. The first-order chi connectivity index (χ1) is 7.40. The minimum Gasteiger partial charge on any atom is -0.337 e. The van der Waals surface area contributed by atoms with Crippen molar-refractivity contribution in [2.24, 2.45) is 5.14 Å². The summed E-state index contributed by atoms with van der Waals surface area (Å²) in [6.45, 7) is 1.97. The first-order valence-corrected chi connectivity index (χ1v) is 6.69. The SMILES string of the molecule is CCC(CC#N)N1CC(S(N)(=O)=O)CC1=O. The highest BCUT2D eigenvalue weighted by Crippen LogP contribution is 2.21. The lowest BCUT2D eigenvalue weighted by Crippen LogP contribution is -2.38. The molecular formula is C9H15N3O3S. The highest BCUT2D eigenvalue weighted by Gasteiger charge is 2.38. The molecule has 1 amide bonds. The zero-order chi connectivity index (χ0) is 12.3. The number of primary sulfonamides is 1. The maximum atomic E-state index is 11.6. The molecule has 0 aromatic heterocycles. The maximum Gasteiger partial charge on any atom is 0.224 e. The molecule has 6 nitrogen and oxygen atoms in total. The van der Waals surface area contributed by atoms with E-state index in [0.717, 1.165) is 0 Å². The van der Waals surface area contributed by atoms with Crippen molar-refractivity contribution in [3.8, 4) is 6.07 Å². The molecule has 0 aromatic carbocycles. The molecule has 1 aliphatic rings. The molecule has 0 spiro atoms. The molecule has 1 rings (SSSR count). The summed E-state index contributed by atoms with van der Waals surface area (Å²) in [6, 6.07) is 1.79. The number of hydrogen-bond donors (Lipinski definition) is 1. The molecule has 0 saturated carbocycles. The van der Waals surface area contributed by atoms with Crippen LogP contribution >= 0.6 is 0 Å². The summed E-state index contributed by atoms with van der Waals surface area (Å²) < 4.78 is 22.3. The van der Waals surface area contributed by atoms with Crippen LogP contribution in [-0.4, -0.2) is 37.1 Å². The van der Waals surface area contributed by atoms with Crippen LogP contribution in [0.25, 0.3) is 0 Å². The van der Waals surface area contributed by atoms with Crippen molar-refractivity contribution in [1.29, 1.82) is 5.26 Å². The van der Waals surface area contributed by atoms with E-state index < -0.39 is 15.3 Å². The van der Waals surface area contributed by atoms with Gasteiger partial charge < -0.3 is 4.90 Å². The van der Waals surface area contributed by atoms with Crippen LogP contribution in [0.15, 0.2) is 0 Å². The van der Waals surface area contributed by atoms with Gasteiger partial charge in [0.15, 0.2) is 0 Å². The molecule has 90 valence electrons. The van der Waals surface area contributed by atoms with Gasteiger partial charge in [-0.05, 0) is 6.42 Å². The zero-order valence-corrected chi connectivity index (χ0v) is 9.90. The van der Waals surface area contributed by atoms with Crippen molar-refractivity contribution >= 4 is 15.9 Å². The molecule has 1 aliphatic heterocycles. The Hall–Kier alpha value is -1.13. The second-order valence-corrected chi connectivity index (χ2v) is 5.73. The predicted molar refractivity (Wildman–Crippen MR) is 57.5 cm³/mol. The Morgan fingerprint density at radius 3 is 2.69 bits per heavy atom. The molecule has 1 saturated heterocycles. The number of likely N-dealkylation sites (tertiary alicyclic amines) is 1. The van der Waals surface area contributed by atoms with Gasteiger partial charge in [-0.2, -0.15) is 5.26 Å². The van der Waals surface area contributed by atoms with Crippen molar-refractivity contribution in [3.63, 3.8) is 0 Å². The summed E-state index contributed by atoms with van der Waals surface area (Å²) in [5.41, 5.74) is 0. The van der Waals surface area contributed by atoms with Crippen molar-refractivity contribution < 1.29 is 13.2 Å². The van der Waals surface area contributed by atoms with E-state index in [1.165, 1.54) is 4.90 Å². The van der Waals surface area contributed by atoms with Gasteiger partial charge in [0.25, 0.3) is 0 Å². The Morgan fingerprint density at radius 2 is 2.31 bits per heavy atom. The normalized spacial score (nSPS) is 23.2. The smallest absolute Gasteiger partial charge is 0.224 e. The molecule has 0 bridgehead atoms. The molecule has 0 aromatic rings. The highest BCUT2D eigenvalue weighted by molar-refractivity contribution is 7.89. The Balaban J connectivity index is 2.79. The van der Waals surface area contributed by atoms with E-state index in [-0.39, 0.29) is 31.3 Å². The van der Waals surface area contributed by atoms with E-state index in [2.05, 4.69) is 0 Å². The highest BCUT2D eigenvalue weighted by atomic mass is 32.2. The third-order valence-corrected chi connectivity index (χ3v) is 4.07. The fourth-order valence-electron chi connectivity index (χ4n) is 1.85. The van der Waals surface area contributed by atoms with Crippen LogP contribution < -0.4 is 5.14 Å². The monoisotopic (exact) mass is 245 g/mol. The first kappa shape index (κ1) is 12.9. The van der Waals surface area contributed by atoms with Crippen LogP contribution in [0, 0.1) is 11.3 Å². The zero-order valence-electron chi connectivity index (χ0n) is 9.09. The lowest BCUT2D eigenvalue weighted by atomic mass is 10.1. The molecule has 1 fully saturated rings. The molecule has 2 N–H and O–H groups in total. The lowest BCUT2D eigenvalue weighted by Gasteiger charge is -2.24. The number of sulfonamides is 1. The maximum absolute atomic E-state index is 11.6. The molecule has 16 heavy (non-hydrogen) atoms. The fourth-order valence-corrected chi connectivity index (χ4v) is 2.59. The van der Waals surface area contributed by atoms with Crippen LogP contribution in [-0.2, 0) is 14.8 Å². The number of rotatable bonds is 4. The van der Waals surface area contributed by atoms with Gasteiger partial charge in [0.2, 0.25) is 15.9 Å². The standard InChI is InChI=1S/C9H15N3O3S/c1-2-7(3-4-10)12-6-8(5-9(12)13)16(11,14)15/h7-8H,2-3,5-6H2,1H3,(H2,11,14,15). The van der Waals surface area contributed by atoms with Gasteiger partial charge in [0, 0.05) is 19.0 Å². The van der Waals surface area contributed by atoms with Gasteiger partial charge in [-0.25, -0.2) is 13.6 Å². The van der Waals surface area contributed by atoms with Crippen LogP contribution in [0.3, 0.4) is 0 Å². The van der Waals surface area contributed by atoms with E-state index in [4.69, 9.17) is 10.4 Å². The largest absolute Gasteiger partial charge is 0.337 e. The average molecular weight is 245 g/mol. The van der Waals surface area contributed by atoms with Crippen molar-refractivity contribution in [1.82, 2.24) is 4.90 Å². The van der Waals surface area contributed by atoms with Gasteiger partial charge in [-0.3, -0.25) is 4.79 Å².